The lowest BCUT2D eigenvalue weighted by Gasteiger charge is -2.01. The minimum absolute atomic E-state index is 0.622. The molecular formula is C8H6BrNOS. The molecule has 0 amide bonds. The van der Waals surface area contributed by atoms with Crippen LogP contribution in [0.2, 0.25) is 0 Å². The van der Waals surface area contributed by atoms with Crippen molar-refractivity contribution >= 4 is 39.5 Å². The summed E-state index contributed by atoms with van der Waals surface area (Å²) >= 11 is 4.95. The third-order valence-corrected chi connectivity index (χ3v) is 3.20. The summed E-state index contributed by atoms with van der Waals surface area (Å²) in [5, 5.41) is 0. The Morgan fingerprint density at radius 2 is 2.33 bits per heavy atom. The highest BCUT2D eigenvalue weighted by Gasteiger charge is 2.02. The molecule has 1 aromatic rings. The minimum atomic E-state index is 0.622. The third-order valence-electron chi connectivity index (χ3n) is 1.33. The summed E-state index contributed by atoms with van der Waals surface area (Å²) in [6.45, 7) is 0. The first-order valence-electron chi connectivity index (χ1n) is 3.20. The van der Waals surface area contributed by atoms with Crippen molar-refractivity contribution in [3.8, 4) is 0 Å². The summed E-state index contributed by atoms with van der Waals surface area (Å²) in [4.78, 5) is 14.6. The monoisotopic (exact) mass is 243 g/mol. The fourth-order valence-corrected chi connectivity index (χ4v) is 2.13. The zero-order valence-electron chi connectivity index (χ0n) is 6.37. The summed E-state index contributed by atoms with van der Waals surface area (Å²) < 4.78 is 0.848. The molecule has 2 nitrogen and oxygen atoms in total. The van der Waals surface area contributed by atoms with Gasteiger partial charge in [0.1, 0.15) is 0 Å². The highest BCUT2D eigenvalue weighted by molar-refractivity contribution is 9.10. The Hall–Kier alpha value is -0.570. The number of rotatable bonds is 2. The molecule has 1 aromatic carbocycles. The quantitative estimate of drug-likeness (QED) is 0.454. The Labute approximate surface area is 83.2 Å². The van der Waals surface area contributed by atoms with Crippen LogP contribution < -0.4 is 0 Å². The number of thioether (sulfide) groups is 1. The van der Waals surface area contributed by atoms with E-state index in [0.717, 1.165) is 9.37 Å². The molecular weight excluding hydrogens is 238 g/mol. The van der Waals surface area contributed by atoms with E-state index >= 15 is 0 Å². The topological polar surface area (TPSA) is 29.4 Å². The van der Waals surface area contributed by atoms with Gasteiger partial charge in [0.25, 0.3) is 0 Å². The molecule has 0 fully saturated rings. The summed E-state index contributed by atoms with van der Waals surface area (Å²) in [7, 11) is 0. The molecule has 0 saturated carbocycles. The van der Waals surface area contributed by atoms with Crippen molar-refractivity contribution in [2.75, 3.05) is 6.26 Å². The minimum Gasteiger partial charge on any atom is -0.211 e. The number of isocyanates is 1. The van der Waals surface area contributed by atoms with E-state index in [1.807, 2.05) is 18.4 Å². The normalized spacial score (nSPS) is 9.17. The molecule has 0 aliphatic heterocycles. The van der Waals surface area contributed by atoms with Crippen LogP contribution in [-0.2, 0) is 4.79 Å². The maximum absolute atomic E-state index is 10.0. The third kappa shape index (κ3) is 1.97. The van der Waals surface area contributed by atoms with E-state index in [1.165, 1.54) is 6.08 Å². The second kappa shape index (κ2) is 4.45. The lowest BCUT2D eigenvalue weighted by Crippen LogP contribution is -1.73. The number of hydrogen-bond acceptors (Lipinski definition) is 3. The lowest BCUT2D eigenvalue weighted by atomic mass is 10.3. The molecule has 4 heteroatoms. The second-order valence-corrected chi connectivity index (χ2v) is 3.64. The van der Waals surface area contributed by atoms with Crippen molar-refractivity contribution in [2.45, 2.75) is 4.90 Å². The average molecular weight is 244 g/mol. The number of nitrogens with zero attached hydrogens (tertiary/aromatic N) is 1. The van der Waals surface area contributed by atoms with E-state index in [4.69, 9.17) is 0 Å². The van der Waals surface area contributed by atoms with Gasteiger partial charge in [-0.15, -0.1) is 11.8 Å². The lowest BCUT2D eigenvalue weighted by molar-refractivity contribution is 0.565. The maximum atomic E-state index is 10.0. The van der Waals surface area contributed by atoms with Gasteiger partial charge in [-0.2, -0.15) is 4.99 Å². The van der Waals surface area contributed by atoms with Gasteiger partial charge in [-0.25, -0.2) is 4.79 Å². The summed E-state index contributed by atoms with van der Waals surface area (Å²) in [5.41, 5.74) is 0.622. The zero-order valence-corrected chi connectivity index (χ0v) is 8.78. The van der Waals surface area contributed by atoms with E-state index in [0.29, 0.717) is 5.69 Å². The van der Waals surface area contributed by atoms with E-state index in [9.17, 15) is 4.79 Å². The molecule has 0 radical (unpaired) electrons. The van der Waals surface area contributed by atoms with Gasteiger partial charge in [-0.3, -0.25) is 0 Å². The summed E-state index contributed by atoms with van der Waals surface area (Å²) in [6.07, 6.45) is 3.48. The first-order valence-corrected chi connectivity index (χ1v) is 5.21. The first-order chi connectivity index (χ1) is 5.79. The Kier molecular flexibility index (Phi) is 3.53. The highest BCUT2D eigenvalue weighted by atomic mass is 79.9. The van der Waals surface area contributed by atoms with Crippen LogP contribution in [0.3, 0.4) is 0 Å². The van der Waals surface area contributed by atoms with Gasteiger partial charge < -0.3 is 0 Å². The van der Waals surface area contributed by atoms with Gasteiger partial charge in [-0.05, 0) is 34.3 Å². The fourth-order valence-electron chi connectivity index (χ4n) is 0.792. The molecule has 0 aliphatic carbocycles. The van der Waals surface area contributed by atoms with E-state index in [1.54, 1.807) is 17.8 Å². The van der Waals surface area contributed by atoms with Crippen molar-refractivity contribution in [3.63, 3.8) is 0 Å². The molecule has 0 N–H and O–H groups in total. The Balaban J connectivity index is 3.22. The van der Waals surface area contributed by atoms with Gasteiger partial charge in [0.05, 0.1) is 10.2 Å². The Morgan fingerprint density at radius 1 is 1.58 bits per heavy atom. The molecule has 0 aromatic heterocycles. The number of hydrogen-bond donors (Lipinski definition) is 0. The van der Waals surface area contributed by atoms with Gasteiger partial charge >= 0.3 is 0 Å². The van der Waals surface area contributed by atoms with Crippen LogP contribution in [0.25, 0.3) is 0 Å². The van der Waals surface area contributed by atoms with Crippen molar-refractivity contribution in [1.82, 2.24) is 0 Å². The van der Waals surface area contributed by atoms with E-state index in [2.05, 4.69) is 20.9 Å². The Bertz CT molecular complexity index is 334. The van der Waals surface area contributed by atoms with Crippen LogP contribution in [0.1, 0.15) is 0 Å². The average Bonchev–Trinajstić information content (AvgIpc) is 2.09. The summed E-state index contributed by atoms with van der Waals surface area (Å²) in [6, 6.07) is 5.57. The molecule has 1 rings (SSSR count). The highest BCUT2D eigenvalue weighted by Crippen LogP contribution is 2.33. The number of benzene rings is 1. The predicted octanol–water partition coefficient (Wildman–Crippen LogP) is 3.14. The fraction of sp³-hybridized carbons (Fsp3) is 0.125. The molecule has 12 heavy (non-hydrogen) atoms. The Morgan fingerprint density at radius 3 is 2.92 bits per heavy atom. The molecule has 0 aliphatic rings. The van der Waals surface area contributed by atoms with Crippen LogP contribution in [0.5, 0.6) is 0 Å². The summed E-state index contributed by atoms with van der Waals surface area (Å²) in [5.74, 6) is 0. The van der Waals surface area contributed by atoms with Crippen molar-refractivity contribution in [2.24, 2.45) is 4.99 Å². The van der Waals surface area contributed by atoms with Crippen LogP contribution in [0.15, 0.2) is 32.6 Å². The molecule has 0 spiro atoms. The van der Waals surface area contributed by atoms with Crippen molar-refractivity contribution in [3.05, 3.63) is 22.7 Å². The largest absolute Gasteiger partial charge is 0.240 e. The van der Waals surface area contributed by atoms with Gasteiger partial charge in [0.2, 0.25) is 6.08 Å². The zero-order chi connectivity index (χ0) is 8.97. The number of halogens is 1. The van der Waals surface area contributed by atoms with Crippen LogP contribution in [-0.4, -0.2) is 12.3 Å². The molecule has 0 atom stereocenters. The van der Waals surface area contributed by atoms with Crippen LogP contribution >= 0.6 is 27.7 Å². The van der Waals surface area contributed by atoms with Gasteiger partial charge in [0.15, 0.2) is 0 Å². The van der Waals surface area contributed by atoms with Gasteiger partial charge in [0, 0.05) is 4.90 Å². The number of carbonyl (C=O) groups excluding carboxylic acids is 1. The molecule has 0 heterocycles. The van der Waals surface area contributed by atoms with Crippen LogP contribution in [0.4, 0.5) is 5.69 Å². The van der Waals surface area contributed by atoms with E-state index < -0.39 is 0 Å². The van der Waals surface area contributed by atoms with Crippen LogP contribution in [0, 0.1) is 0 Å². The smallest absolute Gasteiger partial charge is 0.211 e. The molecule has 62 valence electrons. The van der Waals surface area contributed by atoms with E-state index in [-0.39, 0.29) is 0 Å². The molecule has 0 bridgehead atoms. The second-order valence-electron chi connectivity index (χ2n) is 2.00. The van der Waals surface area contributed by atoms with Crippen molar-refractivity contribution in [1.29, 1.82) is 0 Å². The van der Waals surface area contributed by atoms with Gasteiger partial charge in [-0.1, -0.05) is 6.07 Å². The van der Waals surface area contributed by atoms with Crippen molar-refractivity contribution < 1.29 is 4.79 Å². The number of aliphatic imine (C=N–C) groups is 1. The first kappa shape index (κ1) is 9.52. The SMILES string of the molecule is CSc1cccc(N=C=O)c1Br. The predicted molar refractivity (Wildman–Crippen MR) is 53.7 cm³/mol. The maximum Gasteiger partial charge on any atom is 0.240 e. The standard InChI is InChI=1S/C8H6BrNOS/c1-12-7-4-2-3-6(8(7)9)10-5-11/h2-4H,1H3. The molecule has 0 saturated heterocycles. The molecule has 0 unspecified atom stereocenters.